The topological polar surface area (TPSA) is 130 Å². The molecule has 0 saturated carbocycles. The average Bonchev–Trinajstić information content (AvgIpc) is 2.81. The molecule has 0 bridgehead atoms. The molecule has 2 heterocycles. The van der Waals surface area contributed by atoms with Gasteiger partial charge in [-0.1, -0.05) is 0 Å². The molecule has 8 nitrogen and oxygen atoms in total. The number of methoxy groups -OCH3 is 1. The summed E-state index contributed by atoms with van der Waals surface area (Å²) < 4.78 is 6.75. The van der Waals surface area contributed by atoms with E-state index in [0.29, 0.717) is 40.1 Å². The maximum Gasteiger partial charge on any atom is 0.179 e. The second kappa shape index (κ2) is 4.75. The lowest BCUT2D eigenvalue weighted by molar-refractivity contribution is 0.417. The Bertz CT molecular complexity index is 812. The number of rotatable bonds is 3. The first kappa shape index (κ1) is 12.9. The van der Waals surface area contributed by atoms with Gasteiger partial charge >= 0.3 is 0 Å². The van der Waals surface area contributed by atoms with E-state index in [2.05, 4.69) is 15.4 Å². The van der Waals surface area contributed by atoms with Gasteiger partial charge in [-0.2, -0.15) is 4.52 Å². The molecule has 0 aliphatic carbocycles. The van der Waals surface area contributed by atoms with Crippen LogP contribution in [0.1, 0.15) is 0 Å². The molecule has 0 atom stereocenters. The van der Waals surface area contributed by atoms with Gasteiger partial charge in [0.25, 0.3) is 0 Å². The third kappa shape index (κ3) is 2.22. The third-order valence-corrected chi connectivity index (χ3v) is 3.01. The number of benzene rings is 1. The first-order chi connectivity index (χ1) is 10.1. The third-order valence-electron chi connectivity index (χ3n) is 3.01. The molecule has 21 heavy (non-hydrogen) atoms. The predicted octanol–water partition coefficient (Wildman–Crippen LogP) is 1.23. The van der Waals surface area contributed by atoms with Crippen molar-refractivity contribution in [3.8, 4) is 5.75 Å². The Kier molecular flexibility index (Phi) is 2.90. The molecule has 7 N–H and O–H groups in total. The van der Waals surface area contributed by atoms with Crippen LogP contribution in [0.15, 0.2) is 30.5 Å². The highest BCUT2D eigenvalue weighted by molar-refractivity contribution is 5.74. The van der Waals surface area contributed by atoms with Crippen LogP contribution in [-0.4, -0.2) is 21.7 Å². The lowest BCUT2D eigenvalue weighted by Gasteiger charge is -2.12. The molecular formula is C13H15N7O. The summed E-state index contributed by atoms with van der Waals surface area (Å²) in [5.74, 6) is 1.55. The second-order valence-corrected chi connectivity index (χ2v) is 4.49. The number of anilines is 5. The van der Waals surface area contributed by atoms with Crippen LogP contribution in [0, 0.1) is 0 Å². The van der Waals surface area contributed by atoms with Gasteiger partial charge in [-0.25, -0.2) is 4.98 Å². The minimum atomic E-state index is 0.403. The molecule has 0 fully saturated rings. The number of nitrogens with zero attached hydrogens (tertiary/aromatic N) is 3. The van der Waals surface area contributed by atoms with E-state index in [4.69, 9.17) is 21.9 Å². The van der Waals surface area contributed by atoms with Crippen LogP contribution in [0.2, 0.25) is 0 Å². The summed E-state index contributed by atoms with van der Waals surface area (Å²) >= 11 is 0. The number of nitrogen functional groups attached to an aromatic ring is 3. The molecule has 1 aromatic carbocycles. The van der Waals surface area contributed by atoms with Crippen molar-refractivity contribution in [2.75, 3.05) is 29.6 Å². The van der Waals surface area contributed by atoms with E-state index >= 15 is 0 Å². The first-order valence-corrected chi connectivity index (χ1v) is 6.19. The normalized spacial score (nSPS) is 10.7. The van der Waals surface area contributed by atoms with Crippen LogP contribution in [0.3, 0.4) is 0 Å². The molecule has 8 heteroatoms. The highest BCUT2D eigenvalue weighted by atomic mass is 16.5. The Morgan fingerprint density at radius 3 is 2.76 bits per heavy atom. The van der Waals surface area contributed by atoms with E-state index in [1.807, 2.05) is 0 Å². The van der Waals surface area contributed by atoms with Gasteiger partial charge in [0, 0.05) is 11.8 Å². The van der Waals surface area contributed by atoms with E-state index in [1.54, 1.807) is 31.4 Å². The Morgan fingerprint density at radius 1 is 1.19 bits per heavy atom. The van der Waals surface area contributed by atoms with E-state index in [0.717, 1.165) is 0 Å². The molecule has 2 aromatic heterocycles. The molecule has 0 unspecified atom stereocenters. The monoisotopic (exact) mass is 285 g/mol. The van der Waals surface area contributed by atoms with Crippen LogP contribution in [-0.2, 0) is 0 Å². The average molecular weight is 285 g/mol. The van der Waals surface area contributed by atoms with E-state index in [9.17, 15) is 0 Å². The summed E-state index contributed by atoms with van der Waals surface area (Å²) in [6.07, 6.45) is 1.50. The number of fused-ring (bicyclic) bond motifs is 1. The fraction of sp³-hybridized carbons (Fsp3) is 0.0769. The van der Waals surface area contributed by atoms with Crippen LogP contribution in [0.5, 0.6) is 5.75 Å². The SMILES string of the molecule is COc1ccc(N)cc1Nc1cc(N)c2ncc(N)n2n1. The van der Waals surface area contributed by atoms with Gasteiger partial charge in [-0.15, -0.1) is 5.10 Å². The Labute approximate surface area is 120 Å². The number of nitrogens with one attached hydrogen (secondary N) is 1. The molecular weight excluding hydrogens is 270 g/mol. The maximum absolute atomic E-state index is 5.95. The minimum Gasteiger partial charge on any atom is -0.495 e. The van der Waals surface area contributed by atoms with Crippen molar-refractivity contribution >= 4 is 34.3 Å². The van der Waals surface area contributed by atoms with Crippen molar-refractivity contribution < 1.29 is 4.74 Å². The second-order valence-electron chi connectivity index (χ2n) is 4.49. The van der Waals surface area contributed by atoms with Crippen molar-refractivity contribution in [3.63, 3.8) is 0 Å². The fourth-order valence-electron chi connectivity index (χ4n) is 2.03. The predicted molar refractivity (Wildman–Crippen MR) is 82.5 cm³/mol. The number of aromatic nitrogens is 3. The first-order valence-electron chi connectivity index (χ1n) is 6.19. The van der Waals surface area contributed by atoms with Crippen molar-refractivity contribution in [3.05, 3.63) is 30.5 Å². The Balaban J connectivity index is 2.06. The number of nitrogens with two attached hydrogens (primary N) is 3. The summed E-state index contributed by atoms with van der Waals surface area (Å²) in [6.45, 7) is 0. The van der Waals surface area contributed by atoms with Crippen LogP contribution < -0.4 is 27.3 Å². The number of ether oxygens (including phenoxy) is 1. The molecule has 3 rings (SSSR count). The summed E-state index contributed by atoms with van der Waals surface area (Å²) in [5, 5.41) is 7.45. The van der Waals surface area contributed by atoms with Crippen molar-refractivity contribution in [2.45, 2.75) is 0 Å². The smallest absolute Gasteiger partial charge is 0.179 e. The van der Waals surface area contributed by atoms with Gasteiger partial charge in [0.2, 0.25) is 0 Å². The number of imidazole rings is 1. The summed E-state index contributed by atoms with van der Waals surface area (Å²) in [4.78, 5) is 4.09. The van der Waals surface area contributed by atoms with Gasteiger partial charge < -0.3 is 27.3 Å². The summed E-state index contributed by atoms with van der Waals surface area (Å²) in [5.41, 5.74) is 19.8. The lowest BCUT2D eigenvalue weighted by atomic mass is 10.2. The van der Waals surface area contributed by atoms with E-state index in [-0.39, 0.29) is 0 Å². The summed E-state index contributed by atoms with van der Waals surface area (Å²) in [7, 11) is 1.58. The number of hydrogen-bond donors (Lipinski definition) is 4. The van der Waals surface area contributed by atoms with Crippen molar-refractivity contribution in [1.82, 2.24) is 14.6 Å². The molecule has 3 aromatic rings. The minimum absolute atomic E-state index is 0.403. The van der Waals surface area contributed by atoms with E-state index in [1.165, 1.54) is 10.7 Å². The van der Waals surface area contributed by atoms with Gasteiger partial charge in [0.05, 0.1) is 24.7 Å². The van der Waals surface area contributed by atoms with Crippen molar-refractivity contribution in [2.24, 2.45) is 0 Å². The zero-order chi connectivity index (χ0) is 15.0. The molecule has 0 spiro atoms. The van der Waals surface area contributed by atoms with Crippen molar-refractivity contribution in [1.29, 1.82) is 0 Å². The Morgan fingerprint density at radius 2 is 2.00 bits per heavy atom. The van der Waals surface area contributed by atoms with Gasteiger partial charge in [0.15, 0.2) is 11.5 Å². The number of hydrogen-bond acceptors (Lipinski definition) is 7. The standard InChI is InChI=1S/C13H15N7O/c1-21-10-3-2-7(14)4-9(10)18-12-5-8(15)13-17-6-11(16)20(13)19-12/h2-6H,14-16H2,1H3,(H,18,19). The molecule has 0 aliphatic rings. The zero-order valence-electron chi connectivity index (χ0n) is 11.4. The van der Waals surface area contributed by atoms with Gasteiger partial charge in [0.1, 0.15) is 11.6 Å². The zero-order valence-corrected chi connectivity index (χ0v) is 11.4. The molecule has 0 amide bonds. The fourth-order valence-corrected chi connectivity index (χ4v) is 2.03. The Hall–Kier alpha value is -3.16. The van der Waals surface area contributed by atoms with Gasteiger partial charge in [-0.3, -0.25) is 0 Å². The molecule has 0 radical (unpaired) electrons. The quantitative estimate of drug-likeness (QED) is 0.532. The highest BCUT2D eigenvalue weighted by Crippen LogP contribution is 2.30. The molecule has 108 valence electrons. The molecule has 0 saturated heterocycles. The van der Waals surface area contributed by atoms with Gasteiger partial charge in [-0.05, 0) is 18.2 Å². The van der Waals surface area contributed by atoms with Crippen LogP contribution in [0.4, 0.5) is 28.7 Å². The maximum atomic E-state index is 5.95. The van der Waals surface area contributed by atoms with E-state index < -0.39 is 0 Å². The molecule has 0 aliphatic heterocycles. The highest BCUT2D eigenvalue weighted by Gasteiger charge is 2.10. The lowest BCUT2D eigenvalue weighted by Crippen LogP contribution is -2.05. The van der Waals surface area contributed by atoms with Crippen LogP contribution in [0.25, 0.3) is 5.65 Å². The largest absolute Gasteiger partial charge is 0.495 e. The summed E-state index contributed by atoms with van der Waals surface area (Å²) in [6, 6.07) is 6.94. The van der Waals surface area contributed by atoms with Crippen LogP contribution >= 0.6 is 0 Å².